The van der Waals surface area contributed by atoms with Gasteiger partial charge in [-0.1, -0.05) is 0 Å². The highest BCUT2D eigenvalue weighted by Gasteiger charge is 1.91. The van der Waals surface area contributed by atoms with E-state index in [-0.39, 0.29) is 0 Å². The van der Waals surface area contributed by atoms with E-state index in [1.54, 1.807) is 4.90 Å². The fraction of sp³-hybridized carbons (Fsp3) is 0.800. The normalized spacial score (nSPS) is 8.75. The minimum atomic E-state index is 0.743. The maximum atomic E-state index is 10.0. The molecular weight excluding hydrogens is 122 g/mol. The Morgan fingerprint density at radius 2 is 2.38 bits per heavy atom. The quantitative estimate of drug-likeness (QED) is 0.434. The molecule has 0 spiro atoms. The standard InChI is InChI=1S/C5H11NOS/c1-2-6(5-7)3-4-8/h5,8H,2-4H2,1H3. The largest absolute Gasteiger partial charge is 0.345 e. The lowest BCUT2D eigenvalue weighted by Crippen LogP contribution is -2.23. The van der Waals surface area contributed by atoms with Gasteiger partial charge in [-0.25, -0.2) is 0 Å². The van der Waals surface area contributed by atoms with Gasteiger partial charge < -0.3 is 4.90 Å². The third kappa shape index (κ3) is 2.91. The fourth-order valence-corrected chi connectivity index (χ4v) is 0.671. The monoisotopic (exact) mass is 133 g/mol. The van der Waals surface area contributed by atoms with Gasteiger partial charge in [0, 0.05) is 18.8 Å². The van der Waals surface area contributed by atoms with Crippen LogP contribution in [-0.2, 0) is 4.79 Å². The number of hydrogen-bond acceptors (Lipinski definition) is 2. The summed E-state index contributed by atoms with van der Waals surface area (Å²) in [5, 5.41) is 0. The lowest BCUT2D eigenvalue weighted by Gasteiger charge is -2.11. The van der Waals surface area contributed by atoms with Crippen molar-refractivity contribution in [2.45, 2.75) is 6.92 Å². The predicted molar refractivity (Wildman–Crippen MR) is 37.2 cm³/mol. The smallest absolute Gasteiger partial charge is 0.209 e. The predicted octanol–water partition coefficient (Wildman–Crippen LogP) is 0.395. The third-order valence-electron chi connectivity index (χ3n) is 0.942. The SMILES string of the molecule is CCN(C=O)CCS. The minimum Gasteiger partial charge on any atom is -0.345 e. The second-order valence-electron chi connectivity index (χ2n) is 1.46. The maximum absolute atomic E-state index is 10.0. The second kappa shape index (κ2) is 4.97. The van der Waals surface area contributed by atoms with Crippen molar-refractivity contribution in [2.75, 3.05) is 18.8 Å². The highest BCUT2D eigenvalue weighted by atomic mass is 32.1. The molecule has 3 heteroatoms. The lowest BCUT2D eigenvalue weighted by molar-refractivity contribution is -0.117. The number of nitrogens with zero attached hydrogens (tertiary/aromatic N) is 1. The van der Waals surface area contributed by atoms with Gasteiger partial charge in [0.15, 0.2) is 0 Å². The van der Waals surface area contributed by atoms with Crippen LogP contribution in [0.25, 0.3) is 0 Å². The van der Waals surface area contributed by atoms with Crippen molar-refractivity contribution < 1.29 is 4.79 Å². The van der Waals surface area contributed by atoms with E-state index in [0.717, 1.165) is 25.3 Å². The highest BCUT2D eigenvalue weighted by molar-refractivity contribution is 7.80. The van der Waals surface area contributed by atoms with Gasteiger partial charge in [-0.05, 0) is 6.92 Å². The molecule has 48 valence electrons. The number of hydrogen-bond donors (Lipinski definition) is 1. The van der Waals surface area contributed by atoms with Gasteiger partial charge in [-0.15, -0.1) is 0 Å². The topological polar surface area (TPSA) is 20.3 Å². The molecule has 0 aliphatic rings. The van der Waals surface area contributed by atoms with Crippen molar-refractivity contribution in [3.63, 3.8) is 0 Å². The van der Waals surface area contributed by atoms with E-state index in [0.29, 0.717) is 0 Å². The first-order valence-electron chi connectivity index (χ1n) is 2.65. The zero-order valence-electron chi connectivity index (χ0n) is 5.00. The molecule has 0 aromatic rings. The average molecular weight is 133 g/mol. The molecule has 0 aromatic heterocycles. The molecule has 0 fully saturated rings. The summed E-state index contributed by atoms with van der Waals surface area (Å²) in [6.45, 7) is 3.48. The number of amides is 1. The molecule has 0 heterocycles. The molecule has 0 unspecified atom stereocenters. The van der Waals surface area contributed by atoms with Gasteiger partial charge in [0.2, 0.25) is 6.41 Å². The van der Waals surface area contributed by atoms with Gasteiger partial charge in [0.25, 0.3) is 0 Å². The van der Waals surface area contributed by atoms with E-state index in [2.05, 4.69) is 12.6 Å². The van der Waals surface area contributed by atoms with Crippen LogP contribution < -0.4 is 0 Å². The lowest BCUT2D eigenvalue weighted by atomic mass is 10.6. The molecule has 0 saturated heterocycles. The van der Waals surface area contributed by atoms with Gasteiger partial charge in [-0.2, -0.15) is 12.6 Å². The molecule has 0 aliphatic heterocycles. The molecule has 0 radical (unpaired) electrons. The van der Waals surface area contributed by atoms with E-state index < -0.39 is 0 Å². The number of carbonyl (C=O) groups is 1. The molecule has 0 bridgehead atoms. The summed E-state index contributed by atoms with van der Waals surface area (Å²) >= 11 is 3.97. The van der Waals surface area contributed by atoms with Crippen LogP contribution in [0.5, 0.6) is 0 Å². The highest BCUT2D eigenvalue weighted by Crippen LogP contribution is 1.81. The first-order valence-corrected chi connectivity index (χ1v) is 3.28. The Balaban J connectivity index is 3.21. The molecule has 0 atom stereocenters. The molecular formula is C5H11NOS. The van der Waals surface area contributed by atoms with Gasteiger partial charge in [0.1, 0.15) is 0 Å². The summed E-state index contributed by atoms with van der Waals surface area (Å²) in [5.74, 6) is 0.743. The molecule has 0 N–H and O–H groups in total. The van der Waals surface area contributed by atoms with Crippen LogP contribution in [-0.4, -0.2) is 30.2 Å². The summed E-state index contributed by atoms with van der Waals surface area (Å²) < 4.78 is 0. The van der Waals surface area contributed by atoms with Crippen molar-refractivity contribution in [2.24, 2.45) is 0 Å². The van der Waals surface area contributed by atoms with E-state index in [1.807, 2.05) is 6.92 Å². The molecule has 8 heavy (non-hydrogen) atoms. The molecule has 1 amide bonds. The molecule has 2 nitrogen and oxygen atoms in total. The minimum absolute atomic E-state index is 0.743. The van der Waals surface area contributed by atoms with Crippen molar-refractivity contribution >= 4 is 19.0 Å². The Morgan fingerprint density at radius 1 is 1.75 bits per heavy atom. The van der Waals surface area contributed by atoms with E-state index >= 15 is 0 Å². The van der Waals surface area contributed by atoms with Crippen molar-refractivity contribution in [3.05, 3.63) is 0 Å². The average Bonchev–Trinajstić information content (AvgIpc) is 1.83. The van der Waals surface area contributed by atoms with Gasteiger partial charge in [0.05, 0.1) is 0 Å². The number of thiol groups is 1. The van der Waals surface area contributed by atoms with Crippen LogP contribution in [0.4, 0.5) is 0 Å². The summed E-state index contributed by atoms with van der Waals surface area (Å²) in [6.07, 6.45) is 0.843. The molecule has 0 rings (SSSR count). The zero-order chi connectivity index (χ0) is 6.41. The molecule has 0 saturated carbocycles. The summed E-state index contributed by atoms with van der Waals surface area (Å²) in [6, 6.07) is 0. The van der Waals surface area contributed by atoms with E-state index in [4.69, 9.17) is 0 Å². The van der Waals surface area contributed by atoms with Gasteiger partial charge in [-0.3, -0.25) is 4.79 Å². The van der Waals surface area contributed by atoms with Gasteiger partial charge >= 0.3 is 0 Å². The van der Waals surface area contributed by atoms with Crippen molar-refractivity contribution in [1.29, 1.82) is 0 Å². The van der Waals surface area contributed by atoms with Crippen LogP contribution in [0.1, 0.15) is 6.92 Å². The fourth-order valence-electron chi connectivity index (χ4n) is 0.414. The Kier molecular flexibility index (Phi) is 4.85. The first kappa shape index (κ1) is 7.82. The maximum Gasteiger partial charge on any atom is 0.209 e. The van der Waals surface area contributed by atoms with Crippen molar-refractivity contribution in [3.8, 4) is 0 Å². The Labute approximate surface area is 55.3 Å². The molecule has 0 aromatic carbocycles. The van der Waals surface area contributed by atoms with Crippen LogP contribution >= 0.6 is 12.6 Å². The number of rotatable bonds is 4. The number of carbonyl (C=O) groups excluding carboxylic acids is 1. The van der Waals surface area contributed by atoms with Crippen molar-refractivity contribution in [1.82, 2.24) is 4.90 Å². The van der Waals surface area contributed by atoms with Crippen LogP contribution in [0.2, 0.25) is 0 Å². The Morgan fingerprint density at radius 3 is 2.50 bits per heavy atom. The zero-order valence-corrected chi connectivity index (χ0v) is 5.90. The van der Waals surface area contributed by atoms with E-state index in [1.165, 1.54) is 0 Å². The molecule has 0 aliphatic carbocycles. The Bertz CT molecular complexity index is 67.4. The summed E-state index contributed by atoms with van der Waals surface area (Å²) in [4.78, 5) is 11.7. The first-order chi connectivity index (χ1) is 3.85. The van der Waals surface area contributed by atoms with Crippen LogP contribution in [0, 0.1) is 0 Å². The Hall–Kier alpha value is -0.180. The summed E-state index contributed by atoms with van der Waals surface area (Å²) in [7, 11) is 0. The van der Waals surface area contributed by atoms with Crippen LogP contribution in [0.15, 0.2) is 0 Å². The third-order valence-corrected chi connectivity index (χ3v) is 1.14. The summed E-state index contributed by atoms with van der Waals surface area (Å²) in [5.41, 5.74) is 0. The van der Waals surface area contributed by atoms with Crippen LogP contribution in [0.3, 0.4) is 0 Å². The second-order valence-corrected chi connectivity index (χ2v) is 1.90. The van der Waals surface area contributed by atoms with E-state index in [9.17, 15) is 4.79 Å².